The van der Waals surface area contributed by atoms with E-state index in [4.69, 9.17) is 14.2 Å². The van der Waals surface area contributed by atoms with Gasteiger partial charge < -0.3 is 19.5 Å². The van der Waals surface area contributed by atoms with Gasteiger partial charge in [-0.25, -0.2) is 14.2 Å². The summed E-state index contributed by atoms with van der Waals surface area (Å²) >= 11 is 0. The summed E-state index contributed by atoms with van der Waals surface area (Å²) in [6.45, 7) is 1.67. The smallest absolute Gasteiger partial charge is 0.338 e. The van der Waals surface area contributed by atoms with Gasteiger partial charge in [-0.2, -0.15) is 0 Å². The number of nitrogens with one attached hydrogen (secondary N) is 1. The minimum absolute atomic E-state index is 0.241. The molecule has 4 rings (SSSR count). The first-order valence-electron chi connectivity index (χ1n) is 10.9. The standard InChI is InChI=1S/C27H23FN2O5/c1-3-34-27(32)18-10-13-21-20(14-18)25(15-23(29-21)17-8-11-19(28)12-9-17)35-16-26(31)30-22-6-4-5-7-24(22)33-2/h4-15H,3,16H2,1-2H3,(H,30,31). The van der Waals surface area contributed by atoms with Gasteiger partial charge in [0.05, 0.1) is 36.2 Å². The maximum atomic E-state index is 13.4. The van der Waals surface area contributed by atoms with Gasteiger partial charge in [0.1, 0.15) is 17.3 Å². The molecule has 0 aliphatic carbocycles. The second-order valence-corrected chi connectivity index (χ2v) is 7.50. The number of fused-ring (bicyclic) bond motifs is 1. The number of methoxy groups -OCH3 is 1. The molecule has 1 aromatic heterocycles. The molecule has 1 heterocycles. The SMILES string of the molecule is CCOC(=O)c1ccc2nc(-c3ccc(F)cc3)cc(OCC(=O)Nc3ccccc3OC)c2c1. The lowest BCUT2D eigenvalue weighted by atomic mass is 10.1. The van der Waals surface area contributed by atoms with Crippen LogP contribution < -0.4 is 14.8 Å². The highest BCUT2D eigenvalue weighted by atomic mass is 19.1. The highest BCUT2D eigenvalue weighted by Crippen LogP contribution is 2.31. The molecule has 0 radical (unpaired) electrons. The molecule has 35 heavy (non-hydrogen) atoms. The Bertz CT molecular complexity index is 1370. The Morgan fingerprint density at radius 2 is 1.74 bits per heavy atom. The predicted octanol–water partition coefficient (Wildman–Crippen LogP) is 5.24. The maximum Gasteiger partial charge on any atom is 0.338 e. The molecule has 0 saturated carbocycles. The number of carbonyl (C=O) groups excluding carboxylic acids is 2. The van der Waals surface area contributed by atoms with Crippen molar-refractivity contribution in [3.63, 3.8) is 0 Å². The Morgan fingerprint density at radius 1 is 0.971 bits per heavy atom. The minimum Gasteiger partial charge on any atom is -0.495 e. The lowest BCUT2D eigenvalue weighted by Gasteiger charge is -2.14. The number of para-hydroxylation sites is 2. The summed E-state index contributed by atoms with van der Waals surface area (Å²) in [6, 6.07) is 19.5. The summed E-state index contributed by atoms with van der Waals surface area (Å²) < 4.78 is 29.7. The molecule has 8 heteroatoms. The fraction of sp³-hybridized carbons (Fsp3) is 0.148. The molecule has 0 atom stereocenters. The van der Waals surface area contributed by atoms with Gasteiger partial charge in [-0.05, 0) is 61.5 Å². The number of hydrogen-bond donors (Lipinski definition) is 1. The van der Waals surface area contributed by atoms with Crippen molar-refractivity contribution in [2.75, 3.05) is 25.6 Å². The zero-order valence-electron chi connectivity index (χ0n) is 19.2. The van der Waals surface area contributed by atoms with Gasteiger partial charge in [0.15, 0.2) is 6.61 Å². The highest BCUT2D eigenvalue weighted by molar-refractivity contribution is 5.98. The molecule has 0 saturated heterocycles. The Hall–Kier alpha value is -4.46. The lowest BCUT2D eigenvalue weighted by Crippen LogP contribution is -2.20. The van der Waals surface area contributed by atoms with Crippen molar-refractivity contribution in [2.45, 2.75) is 6.92 Å². The molecule has 7 nitrogen and oxygen atoms in total. The zero-order valence-corrected chi connectivity index (χ0v) is 19.2. The van der Waals surface area contributed by atoms with E-state index in [0.29, 0.717) is 44.9 Å². The molecule has 1 amide bonds. The van der Waals surface area contributed by atoms with Crippen molar-refractivity contribution >= 4 is 28.5 Å². The molecular formula is C27H23FN2O5. The number of anilines is 1. The number of hydrogen-bond acceptors (Lipinski definition) is 6. The third-order valence-electron chi connectivity index (χ3n) is 5.16. The molecule has 3 aromatic carbocycles. The molecule has 4 aromatic rings. The van der Waals surface area contributed by atoms with Gasteiger partial charge in [-0.15, -0.1) is 0 Å². The summed E-state index contributed by atoms with van der Waals surface area (Å²) in [4.78, 5) is 29.5. The van der Waals surface area contributed by atoms with Gasteiger partial charge in [0.2, 0.25) is 0 Å². The quantitative estimate of drug-likeness (QED) is 0.351. The van der Waals surface area contributed by atoms with Gasteiger partial charge in [-0.3, -0.25) is 4.79 Å². The van der Waals surface area contributed by atoms with Crippen molar-refractivity contribution in [3.8, 4) is 22.8 Å². The fourth-order valence-corrected chi connectivity index (χ4v) is 3.50. The summed E-state index contributed by atoms with van der Waals surface area (Å²) in [7, 11) is 1.52. The topological polar surface area (TPSA) is 86.8 Å². The van der Waals surface area contributed by atoms with E-state index in [1.54, 1.807) is 67.6 Å². The number of esters is 1. The second-order valence-electron chi connectivity index (χ2n) is 7.50. The van der Waals surface area contributed by atoms with Crippen molar-refractivity contribution in [2.24, 2.45) is 0 Å². The maximum absolute atomic E-state index is 13.4. The number of nitrogens with zero attached hydrogens (tertiary/aromatic N) is 1. The van der Waals surface area contributed by atoms with Crippen LogP contribution in [0.1, 0.15) is 17.3 Å². The van der Waals surface area contributed by atoms with Crippen LogP contribution in [0.2, 0.25) is 0 Å². The van der Waals surface area contributed by atoms with Gasteiger partial charge in [0.25, 0.3) is 5.91 Å². The van der Waals surface area contributed by atoms with E-state index in [1.807, 2.05) is 0 Å². The number of benzene rings is 3. The van der Waals surface area contributed by atoms with Gasteiger partial charge in [-0.1, -0.05) is 12.1 Å². The summed E-state index contributed by atoms with van der Waals surface area (Å²) in [5, 5.41) is 3.29. The predicted molar refractivity (Wildman–Crippen MR) is 130 cm³/mol. The van der Waals surface area contributed by atoms with E-state index in [0.717, 1.165) is 0 Å². The molecule has 0 unspecified atom stereocenters. The third-order valence-corrected chi connectivity index (χ3v) is 5.16. The summed E-state index contributed by atoms with van der Waals surface area (Å²) in [6.07, 6.45) is 0. The Labute approximate surface area is 201 Å². The number of amides is 1. The van der Waals surface area contributed by atoms with Crippen molar-refractivity contribution in [1.29, 1.82) is 0 Å². The van der Waals surface area contributed by atoms with Crippen LogP contribution in [-0.2, 0) is 9.53 Å². The molecule has 0 spiro atoms. The molecule has 1 N–H and O–H groups in total. The van der Waals surface area contributed by atoms with Crippen LogP contribution in [0, 0.1) is 5.82 Å². The van der Waals surface area contributed by atoms with Crippen LogP contribution in [-0.4, -0.2) is 37.2 Å². The fourth-order valence-electron chi connectivity index (χ4n) is 3.50. The molecule has 0 aliphatic rings. The Balaban J connectivity index is 1.66. The van der Waals surface area contributed by atoms with E-state index >= 15 is 0 Å². The van der Waals surface area contributed by atoms with E-state index in [1.165, 1.54) is 19.2 Å². The first kappa shape index (κ1) is 23.7. The number of halogens is 1. The molecule has 0 aliphatic heterocycles. The Morgan fingerprint density at radius 3 is 2.49 bits per heavy atom. The zero-order chi connectivity index (χ0) is 24.8. The van der Waals surface area contributed by atoms with Crippen LogP contribution in [0.3, 0.4) is 0 Å². The largest absolute Gasteiger partial charge is 0.495 e. The van der Waals surface area contributed by atoms with Crippen LogP contribution in [0.4, 0.5) is 10.1 Å². The summed E-state index contributed by atoms with van der Waals surface area (Å²) in [5.74, 6) is -0.372. The lowest BCUT2D eigenvalue weighted by molar-refractivity contribution is -0.118. The minimum atomic E-state index is -0.475. The van der Waals surface area contributed by atoms with Crippen molar-refractivity contribution < 1.29 is 28.2 Å². The van der Waals surface area contributed by atoms with E-state index in [-0.39, 0.29) is 19.0 Å². The van der Waals surface area contributed by atoms with Crippen molar-refractivity contribution in [1.82, 2.24) is 4.98 Å². The molecule has 178 valence electrons. The van der Waals surface area contributed by atoms with Crippen LogP contribution >= 0.6 is 0 Å². The van der Waals surface area contributed by atoms with Crippen LogP contribution in [0.15, 0.2) is 72.8 Å². The number of rotatable bonds is 8. The number of carbonyl (C=O) groups is 2. The third kappa shape index (κ3) is 5.55. The Kier molecular flexibility index (Phi) is 7.21. The van der Waals surface area contributed by atoms with Gasteiger partial charge in [0, 0.05) is 17.0 Å². The average molecular weight is 474 g/mol. The van der Waals surface area contributed by atoms with E-state index < -0.39 is 11.9 Å². The number of ether oxygens (including phenoxy) is 3. The van der Waals surface area contributed by atoms with Crippen LogP contribution in [0.25, 0.3) is 22.2 Å². The molecule has 0 bridgehead atoms. The van der Waals surface area contributed by atoms with E-state index in [9.17, 15) is 14.0 Å². The monoisotopic (exact) mass is 474 g/mol. The van der Waals surface area contributed by atoms with Crippen LogP contribution in [0.5, 0.6) is 11.5 Å². The summed E-state index contributed by atoms with van der Waals surface area (Å²) in [5.41, 5.74) is 2.59. The highest BCUT2D eigenvalue weighted by Gasteiger charge is 2.15. The number of pyridine rings is 1. The van der Waals surface area contributed by atoms with Gasteiger partial charge >= 0.3 is 5.97 Å². The second kappa shape index (κ2) is 10.6. The molecule has 0 fully saturated rings. The number of aromatic nitrogens is 1. The normalized spacial score (nSPS) is 10.6. The van der Waals surface area contributed by atoms with Crippen molar-refractivity contribution in [3.05, 3.63) is 84.2 Å². The molecular weight excluding hydrogens is 451 g/mol. The first-order valence-corrected chi connectivity index (χ1v) is 10.9. The van der Waals surface area contributed by atoms with E-state index in [2.05, 4.69) is 10.3 Å². The average Bonchev–Trinajstić information content (AvgIpc) is 2.87. The first-order chi connectivity index (χ1) is 17.0.